The van der Waals surface area contributed by atoms with Gasteiger partial charge in [-0.1, -0.05) is 0 Å². The summed E-state index contributed by atoms with van der Waals surface area (Å²) < 4.78 is 8.37. The average Bonchev–Trinajstić information content (AvgIpc) is 2.71. The molecule has 2 heterocycles. The van der Waals surface area contributed by atoms with E-state index >= 15 is 0 Å². The minimum atomic E-state index is -0.0897. The van der Waals surface area contributed by atoms with Crippen LogP contribution in [0.25, 0.3) is 0 Å². The maximum atomic E-state index is 5.62. The third kappa shape index (κ3) is 2.44. The van der Waals surface area contributed by atoms with Gasteiger partial charge in [-0.15, -0.1) is 5.10 Å². The van der Waals surface area contributed by atoms with Crippen LogP contribution in [0.15, 0.2) is 0 Å². The molecule has 0 radical (unpaired) electrons. The number of nitrogens with one attached hydrogen (secondary N) is 1. The smallest absolute Gasteiger partial charge is 0.226 e. The van der Waals surface area contributed by atoms with E-state index < -0.39 is 0 Å². The van der Waals surface area contributed by atoms with Gasteiger partial charge in [0.15, 0.2) is 4.77 Å². The fourth-order valence-electron chi connectivity index (χ4n) is 2.53. The van der Waals surface area contributed by atoms with Crippen LogP contribution in [-0.4, -0.2) is 40.6 Å². The summed E-state index contributed by atoms with van der Waals surface area (Å²) in [6, 6.07) is 0.307. The highest BCUT2D eigenvalue weighted by Gasteiger charge is 2.32. The van der Waals surface area contributed by atoms with E-state index in [2.05, 4.69) is 40.4 Å². The predicted octanol–water partition coefficient (Wildman–Crippen LogP) is 2.53. The highest BCUT2D eigenvalue weighted by atomic mass is 32.1. The number of aromatic nitrogens is 3. The zero-order chi connectivity index (χ0) is 13.3. The highest BCUT2D eigenvalue weighted by Crippen LogP contribution is 2.28. The lowest BCUT2D eigenvalue weighted by Crippen LogP contribution is -2.48. The lowest BCUT2D eigenvalue weighted by Gasteiger charge is -2.40. The molecule has 1 aromatic rings. The molecule has 1 aromatic heterocycles. The molecule has 0 saturated carbocycles. The van der Waals surface area contributed by atoms with E-state index in [9.17, 15) is 0 Å². The van der Waals surface area contributed by atoms with E-state index in [0.717, 1.165) is 31.9 Å². The maximum Gasteiger partial charge on any atom is 0.226 e. The Morgan fingerprint density at radius 1 is 1.50 bits per heavy atom. The van der Waals surface area contributed by atoms with Crippen molar-refractivity contribution in [3.05, 3.63) is 4.77 Å². The Morgan fingerprint density at radius 3 is 2.83 bits per heavy atom. The number of hydrogen-bond acceptors (Lipinski definition) is 4. The molecule has 1 aliphatic rings. The fraction of sp³-hybridized carbons (Fsp3) is 0.833. The molecule has 0 spiro atoms. The third-order valence-electron chi connectivity index (χ3n) is 3.64. The molecule has 0 amide bonds. The number of hydrogen-bond donors (Lipinski definition) is 1. The van der Waals surface area contributed by atoms with Crippen LogP contribution >= 0.6 is 12.2 Å². The summed E-state index contributed by atoms with van der Waals surface area (Å²) in [5.74, 6) is 0.929. The van der Waals surface area contributed by atoms with Gasteiger partial charge in [0, 0.05) is 26.2 Å². The summed E-state index contributed by atoms with van der Waals surface area (Å²) in [6.45, 7) is 8.25. The molecule has 1 atom stereocenters. The highest BCUT2D eigenvalue weighted by molar-refractivity contribution is 7.71. The third-order valence-corrected chi connectivity index (χ3v) is 3.92. The van der Waals surface area contributed by atoms with Gasteiger partial charge in [0.25, 0.3) is 0 Å². The molecule has 1 unspecified atom stereocenters. The molecule has 102 valence electrons. The summed E-state index contributed by atoms with van der Waals surface area (Å²) >= 11 is 5.29. The van der Waals surface area contributed by atoms with E-state index in [0.29, 0.717) is 10.8 Å². The molecule has 1 aliphatic heterocycles. The Bertz CT molecular complexity index is 467. The van der Waals surface area contributed by atoms with Crippen molar-refractivity contribution in [2.45, 2.75) is 45.3 Å². The molecule has 1 fully saturated rings. The van der Waals surface area contributed by atoms with Crippen LogP contribution < -0.4 is 4.90 Å². The van der Waals surface area contributed by atoms with Gasteiger partial charge < -0.3 is 9.64 Å². The van der Waals surface area contributed by atoms with Crippen molar-refractivity contribution >= 4 is 18.2 Å². The zero-order valence-electron chi connectivity index (χ0n) is 11.6. The van der Waals surface area contributed by atoms with Gasteiger partial charge in [0.1, 0.15) is 0 Å². The molecule has 1 saturated heterocycles. The number of piperidine rings is 1. The van der Waals surface area contributed by atoms with Gasteiger partial charge in [-0.25, -0.2) is 5.10 Å². The summed E-state index contributed by atoms with van der Waals surface area (Å²) in [4.78, 5) is 2.26. The minimum Gasteiger partial charge on any atom is -0.377 e. The number of aromatic amines is 1. The molecule has 0 aliphatic carbocycles. The first-order valence-electron chi connectivity index (χ1n) is 6.44. The monoisotopic (exact) mass is 270 g/mol. The molecule has 2 rings (SSSR count). The molecule has 6 heteroatoms. The van der Waals surface area contributed by atoms with Gasteiger partial charge in [-0.3, -0.25) is 4.57 Å². The van der Waals surface area contributed by atoms with Crippen molar-refractivity contribution in [1.29, 1.82) is 0 Å². The first kappa shape index (κ1) is 13.5. The van der Waals surface area contributed by atoms with Gasteiger partial charge in [-0.05, 0) is 45.8 Å². The number of ether oxygens (including phenoxy) is 1. The van der Waals surface area contributed by atoms with Crippen molar-refractivity contribution in [2.75, 3.05) is 25.1 Å². The van der Waals surface area contributed by atoms with Crippen LogP contribution in [-0.2, 0) is 4.74 Å². The van der Waals surface area contributed by atoms with Crippen LogP contribution in [0.4, 0.5) is 5.95 Å². The van der Waals surface area contributed by atoms with Crippen molar-refractivity contribution in [2.24, 2.45) is 0 Å². The van der Waals surface area contributed by atoms with Crippen molar-refractivity contribution in [3.63, 3.8) is 0 Å². The molecule has 5 nitrogen and oxygen atoms in total. The second-order valence-electron chi connectivity index (χ2n) is 5.47. The van der Waals surface area contributed by atoms with Crippen molar-refractivity contribution in [1.82, 2.24) is 14.8 Å². The first-order chi connectivity index (χ1) is 8.47. The maximum absolute atomic E-state index is 5.62. The Hall–Kier alpha value is -0.880. The first-order valence-corrected chi connectivity index (χ1v) is 6.85. The molecular formula is C12H22N4OS. The average molecular weight is 270 g/mol. The van der Waals surface area contributed by atoms with Crippen LogP contribution in [0.1, 0.15) is 39.7 Å². The molecule has 1 N–H and O–H groups in total. The van der Waals surface area contributed by atoms with Crippen LogP contribution in [0.5, 0.6) is 0 Å². The predicted molar refractivity (Wildman–Crippen MR) is 74.7 cm³/mol. The van der Waals surface area contributed by atoms with Gasteiger partial charge in [0.2, 0.25) is 5.95 Å². The normalized spacial score (nSPS) is 24.8. The largest absolute Gasteiger partial charge is 0.377 e. The lowest BCUT2D eigenvalue weighted by atomic mass is 9.95. The topological polar surface area (TPSA) is 46.1 Å². The molecule has 0 bridgehead atoms. The number of anilines is 1. The second-order valence-corrected chi connectivity index (χ2v) is 5.86. The van der Waals surface area contributed by atoms with E-state index in [1.807, 2.05) is 0 Å². The summed E-state index contributed by atoms with van der Waals surface area (Å²) in [5.41, 5.74) is -0.0897. The van der Waals surface area contributed by atoms with Crippen LogP contribution in [0.3, 0.4) is 0 Å². The van der Waals surface area contributed by atoms with Crippen LogP contribution in [0, 0.1) is 4.77 Å². The van der Waals surface area contributed by atoms with Gasteiger partial charge >= 0.3 is 0 Å². The van der Waals surface area contributed by atoms with Crippen molar-refractivity contribution < 1.29 is 4.74 Å². The standard InChI is InChI=1S/C12H22N4OS/c1-9(2)16-10(13-14-11(16)18)15-7-5-6-12(3,8-15)17-4/h9H,5-8H2,1-4H3,(H,14,18). The Kier molecular flexibility index (Phi) is 3.77. The van der Waals surface area contributed by atoms with E-state index in [4.69, 9.17) is 17.0 Å². The molecular weight excluding hydrogens is 248 g/mol. The molecule has 18 heavy (non-hydrogen) atoms. The van der Waals surface area contributed by atoms with E-state index in [-0.39, 0.29) is 5.60 Å². The van der Waals surface area contributed by atoms with Gasteiger partial charge in [-0.2, -0.15) is 0 Å². The van der Waals surface area contributed by atoms with Crippen LogP contribution in [0.2, 0.25) is 0 Å². The summed E-state index contributed by atoms with van der Waals surface area (Å²) in [5, 5.41) is 7.27. The SMILES string of the molecule is COC1(C)CCCN(c2n[nH]c(=S)n2C(C)C)C1. The summed E-state index contributed by atoms with van der Waals surface area (Å²) in [7, 11) is 1.78. The lowest BCUT2D eigenvalue weighted by molar-refractivity contribution is -0.00515. The minimum absolute atomic E-state index is 0.0897. The van der Waals surface area contributed by atoms with E-state index in [1.54, 1.807) is 7.11 Å². The molecule has 0 aromatic carbocycles. The number of rotatable bonds is 3. The zero-order valence-corrected chi connectivity index (χ0v) is 12.4. The van der Waals surface area contributed by atoms with Crippen molar-refractivity contribution in [3.8, 4) is 0 Å². The van der Waals surface area contributed by atoms with E-state index in [1.165, 1.54) is 0 Å². The quantitative estimate of drug-likeness (QED) is 0.857. The van der Waals surface area contributed by atoms with Gasteiger partial charge in [0.05, 0.1) is 5.60 Å². The summed E-state index contributed by atoms with van der Waals surface area (Å²) in [6.07, 6.45) is 2.20. The fourth-order valence-corrected chi connectivity index (χ4v) is 2.87. The Morgan fingerprint density at radius 2 is 2.22 bits per heavy atom. The number of H-pyrrole nitrogens is 1. The second kappa shape index (κ2) is 5.01. The Labute approximate surface area is 113 Å². The Balaban J connectivity index is 2.29. The number of nitrogens with zero attached hydrogens (tertiary/aromatic N) is 3. The number of methoxy groups -OCH3 is 1.